The molecule has 0 aromatic carbocycles. The zero-order chi connectivity index (χ0) is 18.4. The highest BCUT2D eigenvalue weighted by Gasteiger charge is 2.31. The first-order chi connectivity index (χ1) is 12.7. The first-order valence-corrected chi connectivity index (χ1v) is 9.76. The number of hydrogen-bond donors (Lipinski definition) is 1. The third-order valence-electron chi connectivity index (χ3n) is 5.08. The van der Waals surface area contributed by atoms with Crippen LogP contribution in [0.1, 0.15) is 50.7 Å². The third-order valence-corrected chi connectivity index (χ3v) is 5.08. The second-order valence-electron chi connectivity index (χ2n) is 7.11. The van der Waals surface area contributed by atoms with Crippen LogP contribution in [0.4, 0.5) is 0 Å². The van der Waals surface area contributed by atoms with Crippen molar-refractivity contribution in [2.75, 3.05) is 32.7 Å². The van der Waals surface area contributed by atoms with E-state index >= 15 is 0 Å². The molecule has 1 unspecified atom stereocenters. The number of aryl methyl sites for hydroxylation is 2. The van der Waals surface area contributed by atoms with Crippen LogP contribution in [-0.4, -0.2) is 70.5 Å². The number of carbonyl (C=O) groups is 2. The van der Waals surface area contributed by atoms with E-state index < -0.39 is 0 Å². The van der Waals surface area contributed by atoms with Crippen molar-refractivity contribution in [3.8, 4) is 0 Å². The highest BCUT2D eigenvalue weighted by atomic mass is 16.5. The predicted octanol–water partition coefficient (Wildman–Crippen LogP) is 0.768. The number of rotatable bonds is 7. The molecule has 144 valence electrons. The van der Waals surface area contributed by atoms with Gasteiger partial charge in [0.25, 0.3) is 0 Å². The SMILES string of the molecule is CCCc1noc(CCCC(=O)N2CCCC(N3CCNCC3=O)C2)n1. The van der Waals surface area contributed by atoms with E-state index in [1.807, 2.05) is 9.80 Å². The van der Waals surface area contributed by atoms with E-state index in [0.29, 0.717) is 38.2 Å². The number of piperazine rings is 1. The van der Waals surface area contributed by atoms with Crippen LogP contribution in [0.2, 0.25) is 0 Å². The molecule has 8 nitrogen and oxygen atoms in total. The van der Waals surface area contributed by atoms with Gasteiger partial charge in [-0.15, -0.1) is 0 Å². The zero-order valence-electron chi connectivity index (χ0n) is 15.6. The van der Waals surface area contributed by atoms with Crippen molar-refractivity contribution in [3.63, 3.8) is 0 Å². The van der Waals surface area contributed by atoms with Gasteiger partial charge < -0.3 is 19.6 Å². The molecule has 2 aliphatic heterocycles. The van der Waals surface area contributed by atoms with Gasteiger partial charge in [0.1, 0.15) is 0 Å². The van der Waals surface area contributed by atoms with Crippen LogP contribution in [0, 0.1) is 0 Å². The van der Waals surface area contributed by atoms with E-state index in [4.69, 9.17) is 4.52 Å². The summed E-state index contributed by atoms with van der Waals surface area (Å²) in [5.41, 5.74) is 0. The van der Waals surface area contributed by atoms with Gasteiger partial charge in [-0.3, -0.25) is 9.59 Å². The van der Waals surface area contributed by atoms with E-state index in [-0.39, 0.29) is 17.9 Å². The van der Waals surface area contributed by atoms with Gasteiger partial charge in [-0.05, 0) is 25.7 Å². The molecule has 2 amide bonds. The summed E-state index contributed by atoms with van der Waals surface area (Å²) in [6.07, 6.45) is 5.57. The Morgan fingerprint density at radius 3 is 3.04 bits per heavy atom. The summed E-state index contributed by atoms with van der Waals surface area (Å²) in [7, 11) is 0. The zero-order valence-corrected chi connectivity index (χ0v) is 15.6. The van der Waals surface area contributed by atoms with Crippen LogP contribution in [0.3, 0.4) is 0 Å². The van der Waals surface area contributed by atoms with Crippen molar-refractivity contribution in [1.29, 1.82) is 0 Å². The molecule has 1 aromatic rings. The number of amides is 2. The van der Waals surface area contributed by atoms with Crippen LogP contribution >= 0.6 is 0 Å². The lowest BCUT2D eigenvalue weighted by Gasteiger charge is -2.41. The molecule has 0 saturated carbocycles. The standard InChI is InChI=1S/C18H29N5O3/c1-2-5-15-20-16(26-21-15)7-3-8-17(24)22-10-4-6-14(13-22)23-11-9-19-12-18(23)25/h14,19H,2-13H2,1H3. The van der Waals surface area contributed by atoms with Crippen molar-refractivity contribution in [1.82, 2.24) is 25.3 Å². The Balaban J connectivity index is 1.44. The van der Waals surface area contributed by atoms with Gasteiger partial charge in [0.05, 0.1) is 6.54 Å². The van der Waals surface area contributed by atoms with E-state index in [1.54, 1.807) is 0 Å². The largest absolute Gasteiger partial charge is 0.341 e. The van der Waals surface area contributed by atoms with E-state index in [1.165, 1.54) is 0 Å². The van der Waals surface area contributed by atoms with Crippen LogP contribution in [0.25, 0.3) is 0 Å². The number of nitrogens with zero attached hydrogens (tertiary/aromatic N) is 4. The monoisotopic (exact) mass is 363 g/mol. The van der Waals surface area contributed by atoms with E-state index in [2.05, 4.69) is 22.4 Å². The molecule has 1 aromatic heterocycles. The van der Waals surface area contributed by atoms with Gasteiger partial charge in [-0.25, -0.2) is 0 Å². The molecule has 26 heavy (non-hydrogen) atoms. The highest BCUT2D eigenvalue weighted by molar-refractivity contribution is 5.80. The van der Waals surface area contributed by atoms with Crippen molar-refractivity contribution in [3.05, 3.63) is 11.7 Å². The average molecular weight is 363 g/mol. The Hall–Kier alpha value is -1.96. The maximum absolute atomic E-state index is 12.5. The quantitative estimate of drug-likeness (QED) is 0.769. The predicted molar refractivity (Wildman–Crippen MR) is 95.4 cm³/mol. The number of likely N-dealkylation sites (tertiary alicyclic amines) is 1. The summed E-state index contributed by atoms with van der Waals surface area (Å²) in [6, 6.07) is 0.162. The summed E-state index contributed by atoms with van der Waals surface area (Å²) in [4.78, 5) is 32.8. The number of nitrogens with one attached hydrogen (secondary N) is 1. The minimum Gasteiger partial charge on any atom is -0.341 e. The molecule has 0 aliphatic carbocycles. The van der Waals surface area contributed by atoms with Crippen LogP contribution in [0.15, 0.2) is 4.52 Å². The summed E-state index contributed by atoms with van der Waals surface area (Å²) in [6.45, 7) is 5.51. The molecule has 2 saturated heterocycles. The molecule has 1 atom stereocenters. The van der Waals surface area contributed by atoms with E-state index in [9.17, 15) is 9.59 Å². The summed E-state index contributed by atoms with van der Waals surface area (Å²) in [5.74, 6) is 1.66. The number of aromatic nitrogens is 2. The van der Waals surface area contributed by atoms with Gasteiger partial charge >= 0.3 is 0 Å². The lowest BCUT2D eigenvalue weighted by atomic mass is 10.0. The topological polar surface area (TPSA) is 91.6 Å². The fraction of sp³-hybridized carbons (Fsp3) is 0.778. The smallest absolute Gasteiger partial charge is 0.236 e. The minimum absolute atomic E-state index is 0.148. The molecule has 3 rings (SSSR count). The molecular weight excluding hydrogens is 334 g/mol. The van der Waals surface area contributed by atoms with Gasteiger partial charge in [0, 0.05) is 51.5 Å². The summed E-state index contributed by atoms with van der Waals surface area (Å²) >= 11 is 0. The number of hydrogen-bond acceptors (Lipinski definition) is 6. The first-order valence-electron chi connectivity index (χ1n) is 9.76. The van der Waals surface area contributed by atoms with Crippen molar-refractivity contribution >= 4 is 11.8 Å². The third kappa shape index (κ3) is 4.81. The average Bonchev–Trinajstić information content (AvgIpc) is 3.10. The number of carbonyl (C=O) groups excluding carboxylic acids is 2. The Labute approximate surface area is 154 Å². The van der Waals surface area contributed by atoms with Crippen molar-refractivity contribution in [2.24, 2.45) is 0 Å². The molecule has 0 bridgehead atoms. The fourth-order valence-electron chi connectivity index (χ4n) is 3.71. The Bertz CT molecular complexity index is 618. The van der Waals surface area contributed by atoms with Gasteiger partial charge in [-0.2, -0.15) is 4.98 Å². The molecule has 0 radical (unpaired) electrons. The van der Waals surface area contributed by atoms with Crippen LogP contribution in [0.5, 0.6) is 0 Å². The second kappa shape index (κ2) is 9.12. The molecule has 2 aliphatic rings. The van der Waals surface area contributed by atoms with Gasteiger partial charge in [-0.1, -0.05) is 12.1 Å². The van der Waals surface area contributed by atoms with Crippen molar-refractivity contribution < 1.29 is 14.1 Å². The maximum atomic E-state index is 12.5. The summed E-state index contributed by atoms with van der Waals surface area (Å²) < 4.78 is 5.22. The molecule has 2 fully saturated rings. The van der Waals surface area contributed by atoms with Crippen molar-refractivity contribution in [2.45, 2.75) is 57.9 Å². The van der Waals surface area contributed by atoms with Gasteiger partial charge in [0.15, 0.2) is 5.82 Å². The minimum atomic E-state index is 0.148. The van der Waals surface area contributed by atoms with Gasteiger partial charge in [0.2, 0.25) is 17.7 Å². The Morgan fingerprint density at radius 2 is 2.23 bits per heavy atom. The lowest BCUT2D eigenvalue weighted by Crippen LogP contribution is -2.57. The number of piperidine rings is 1. The Morgan fingerprint density at radius 1 is 1.35 bits per heavy atom. The highest BCUT2D eigenvalue weighted by Crippen LogP contribution is 2.18. The van der Waals surface area contributed by atoms with E-state index in [0.717, 1.165) is 51.1 Å². The molecule has 8 heteroatoms. The molecule has 1 N–H and O–H groups in total. The fourth-order valence-corrected chi connectivity index (χ4v) is 3.71. The lowest BCUT2D eigenvalue weighted by molar-refractivity contribution is -0.140. The first kappa shape index (κ1) is 18.8. The molecule has 0 spiro atoms. The second-order valence-corrected chi connectivity index (χ2v) is 7.11. The Kier molecular flexibility index (Phi) is 6.60. The summed E-state index contributed by atoms with van der Waals surface area (Å²) in [5, 5.41) is 7.04. The normalized spacial score (nSPS) is 21.3. The molecular formula is C18H29N5O3. The van der Waals surface area contributed by atoms with Crippen LogP contribution < -0.4 is 5.32 Å². The van der Waals surface area contributed by atoms with Crippen LogP contribution in [-0.2, 0) is 22.4 Å². The molecule has 3 heterocycles. The maximum Gasteiger partial charge on any atom is 0.236 e.